The third-order valence-electron chi connectivity index (χ3n) is 2.35. The van der Waals surface area contributed by atoms with Crippen molar-refractivity contribution < 1.29 is 0 Å². The van der Waals surface area contributed by atoms with Crippen LogP contribution in [0.15, 0.2) is 41.5 Å². The van der Waals surface area contributed by atoms with Crippen LogP contribution in [0.25, 0.3) is 21.3 Å². The normalized spacial score (nSPS) is 10.8. The Labute approximate surface area is 94.6 Å². The van der Waals surface area contributed by atoms with Gasteiger partial charge >= 0.3 is 4.87 Å². The fourth-order valence-electron chi connectivity index (χ4n) is 1.65. The van der Waals surface area contributed by atoms with Gasteiger partial charge < -0.3 is 0 Å². The van der Waals surface area contributed by atoms with E-state index in [-0.39, 0.29) is 4.87 Å². The van der Waals surface area contributed by atoms with E-state index in [0.717, 1.165) is 27.7 Å². The lowest BCUT2D eigenvalue weighted by molar-refractivity contribution is 1.06. The van der Waals surface area contributed by atoms with Gasteiger partial charge in [0.2, 0.25) is 0 Å². The zero-order chi connectivity index (χ0) is 11.0. The number of hydrogen-bond donors (Lipinski definition) is 1. The molecule has 3 rings (SSSR count). The van der Waals surface area contributed by atoms with Gasteiger partial charge in [0.25, 0.3) is 0 Å². The van der Waals surface area contributed by atoms with Gasteiger partial charge in [0.1, 0.15) is 5.01 Å². The molecule has 0 saturated heterocycles. The fourth-order valence-corrected chi connectivity index (χ4v) is 2.30. The van der Waals surface area contributed by atoms with Gasteiger partial charge in [0.05, 0.1) is 0 Å². The van der Waals surface area contributed by atoms with E-state index in [1.165, 1.54) is 0 Å². The molecule has 0 amide bonds. The number of hydrogen-bond acceptors (Lipinski definition) is 4. The van der Waals surface area contributed by atoms with Crippen LogP contribution in [0, 0.1) is 0 Å². The molecule has 4 nitrogen and oxygen atoms in total. The maximum atomic E-state index is 11.1. The second-order valence-corrected chi connectivity index (χ2v) is 4.28. The SMILES string of the molecule is O=c1[nH]nc(-c2cccc3cnccc23)s1. The molecule has 0 aliphatic heterocycles. The van der Waals surface area contributed by atoms with Crippen LogP contribution in [0.5, 0.6) is 0 Å². The Hall–Kier alpha value is -2.01. The van der Waals surface area contributed by atoms with Crippen LogP contribution in [0.4, 0.5) is 0 Å². The summed E-state index contributed by atoms with van der Waals surface area (Å²) in [5, 5.41) is 9.24. The van der Waals surface area contributed by atoms with Crippen LogP contribution in [0.1, 0.15) is 0 Å². The molecule has 0 aliphatic carbocycles. The van der Waals surface area contributed by atoms with E-state index in [1.54, 1.807) is 12.4 Å². The molecular weight excluding hydrogens is 222 g/mol. The molecule has 1 N–H and O–H groups in total. The van der Waals surface area contributed by atoms with Crippen LogP contribution in [-0.2, 0) is 0 Å². The lowest BCUT2D eigenvalue weighted by atomic mass is 10.1. The lowest BCUT2D eigenvalue weighted by Crippen LogP contribution is -1.90. The van der Waals surface area contributed by atoms with Crippen molar-refractivity contribution in [2.24, 2.45) is 0 Å². The largest absolute Gasteiger partial charge is 0.322 e. The molecule has 0 spiro atoms. The summed E-state index contributed by atoms with van der Waals surface area (Å²) in [5.74, 6) is 0. The Bertz CT molecular complexity index is 696. The van der Waals surface area contributed by atoms with Crippen LogP contribution >= 0.6 is 11.3 Å². The molecule has 0 aliphatic rings. The molecule has 0 bridgehead atoms. The van der Waals surface area contributed by atoms with Crippen molar-refractivity contribution in [1.82, 2.24) is 15.2 Å². The van der Waals surface area contributed by atoms with Crippen LogP contribution in [0.2, 0.25) is 0 Å². The highest BCUT2D eigenvalue weighted by molar-refractivity contribution is 7.12. The summed E-state index contributed by atoms with van der Waals surface area (Å²) < 4.78 is 0. The summed E-state index contributed by atoms with van der Waals surface area (Å²) in [6.07, 6.45) is 3.54. The van der Waals surface area contributed by atoms with Gasteiger partial charge in [0.15, 0.2) is 0 Å². The average molecular weight is 229 g/mol. The van der Waals surface area contributed by atoms with Crippen molar-refractivity contribution in [3.8, 4) is 10.6 Å². The number of pyridine rings is 1. The smallest absolute Gasteiger partial charge is 0.264 e. The maximum Gasteiger partial charge on any atom is 0.322 e. The summed E-state index contributed by atoms with van der Waals surface area (Å²) in [5.41, 5.74) is 0.961. The number of H-pyrrole nitrogens is 1. The predicted molar refractivity (Wildman–Crippen MR) is 63.5 cm³/mol. The highest BCUT2D eigenvalue weighted by Gasteiger charge is 2.07. The number of nitrogens with zero attached hydrogens (tertiary/aromatic N) is 2. The van der Waals surface area contributed by atoms with E-state index in [1.807, 2.05) is 24.3 Å². The fraction of sp³-hybridized carbons (Fsp3) is 0. The Kier molecular flexibility index (Phi) is 2.04. The molecule has 16 heavy (non-hydrogen) atoms. The van der Waals surface area contributed by atoms with E-state index >= 15 is 0 Å². The molecule has 3 aromatic rings. The molecule has 0 radical (unpaired) electrons. The van der Waals surface area contributed by atoms with Crippen molar-refractivity contribution in [3.05, 3.63) is 46.3 Å². The minimum atomic E-state index is -0.138. The van der Waals surface area contributed by atoms with Gasteiger partial charge in [-0.3, -0.25) is 9.78 Å². The van der Waals surface area contributed by atoms with Gasteiger partial charge in [-0.15, -0.1) is 0 Å². The molecule has 0 unspecified atom stereocenters. The van der Waals surface area contributed by atoms with Gasteiger partial charge in [0, 0.05) is 23.3 Å². The topological polar surface area (TPSA) is 58.6 Å². The Morgan fingerprint density at radius 2 is 2.19 bits per heavy atom. The Morgan fingerprint density at radius 1 is 1.25 bits per heavy atom. The van der Waals surface area contributed by atoms with E-state index < -0.39 is 0 Å². The van der Waals surface area contributed by atoms with Crippen molar-refractivity contribution in [1.29, 1.82) is 0 Å². The molecule has 0 atom stereocenters. The maximum absolute atomic E-state index is 11.1. The van der Waals surface area contributed by atoms with Crippen LogP contribution in [-0.4, -0.2) is 15.2 Å². The number of aromatic nitrogens is 3. The molecule has 78 valence electrons. The molecule has 5 heteroatoms. The minimum absolute atomic E-state index is 0.138. The second-order valence-electron chi connectivity index (χ2n) is 3.32. The molecule has 2 heterocycles. The summed E-state index contributed by atoms with van der Waals surface area (Å²) in [6.45, 7) is 0. The van der Waals surface area contributed by atoms with Gasteiger partial charge in [-0.05, 0) is 11.5 Å². The zero-order valence-corrected chi connectivity index (χ0v) is 8.99. The van der Waals surface area contributed by atoms with Gasteiger partial charge in [-0.1, -0.05) is 29.5 Å². The van der Waals surface area contributed by atoms with E-state index in [0.29, 0.717) is 5.01 Å². The molecule has 0 fully saturated rings. The highest BCUT2D eigenvalue weighted by atomic mass is 32.1. The predicted octanol–water partition coefficient (Wildman–Crippen LogP) is 2.05. The summed E-state index contributed by atoms with van der Waals surface area (Å²) in [7, 11) is 0. The summed E-state index contributed by atoms with van der Waals surface area (Å²) >= 11 is 1.11. The third kappa shape index (κ3) is 1.42. The summed E-state index contributed by atoms with van der Waals surface area (Å²) in [6, 6.07) is 7.80. The number of fused-ring (bicyclic) bond motifs is 1. The Morgan fingerprint density at radius 3 is 3.00 bits per heavy atom. The van der Waals surface area contributed by atoms with E-state index in [2.05, 4.69) is 15.2 Å². The molecule has 1 aromatic carbocycles. The number of rotatable bonds is 1. The average Bonchev–Trinajstić information content (AvgIpc) is 2.75. The Balaban J connectivity index is 2.35. The number of nitrogens with one attached hydrogen (secondary N) is 1. The van der Waals surface area contributed by atoms with Crippen molar-refractivity contribution >= 4 is 22.1 Å². The minimum Gasteiger partial charge on any atom is -0.264 e. The van der Waals surface area contributed by atoms with E-state index in [4.69, 9.17) is 0 Å². The van der Waals surface area contributed by atoms with Gasteiger partial charge in [-0.25, -0.2) is 5.10 Å². The first kappa shape index (κ1) is 9.23. The molecular formula is C11H7N3OS. The van der Waals surface area contributed by atoms with Crippen molar-refractivity contribution in [3.63, 3.8) is 0 Å². The second kappa shape index (κ2) is 3.53. The summed E-state index contributed by atoms with van der Waals surface area (Å²) in [4.78, 5) is 15.0. The number of aromatic amines is 1. The first-order valence-corrected chi connectivity index (χ1v) is 5.55. The molecule has 2 aromatic heterocycles. The standard InChI is InChI=1S/C11H7N3OS/c15-11-14-13-10(16-11)9-3-1-2-7-6-12-5-4-8(7)9/h1-6H,(H,14,15). The van der Waals surface area contributed by atoms with Gasteiger partial charge in [-0.2, -0.15) is 5.10 Å². The van der Waals surface area contributed by atoms with Crippen molar-refractivity contribution in [2.75, 3.05) is 0 Å². The molecule has 0 saturated carbocycles. The third-order valence-corrected chi connectivity index (χ3v) is 3.13. The highest BCUT2D eigenvalue weighted by Crippen LogP contribution is 2.27. The monoisotopic (exact) mass is 229 g/mol. The van der Waals surface area contributed by atoms with Crippen LogP contribution in [0.3, 0.4) is 0 Å². The zero-order valence-electron chi connectivity index (χ0n) is 8.18. The van der Waals surface area contributed by atoms with Crippen molar-refractivity contribution in [2.45, 2.75) is 0 Å². The first-order chi connectivity index (χ1) is 7.84. The lowest BCUT2D eigenvalue weighted by Gasteiger charge is -2.01. The van der Waals surface area contributed by atoms with E-state index in [9.17, 15) is 4.79 Å². The quantitative estimate of drug-likeness (QED) is 0.694. The number of benzene rings is 1. The van der Waals surface area contributed by atoms with Crippen LogP contribution < -0.4 is 4.87 Å². The first-order valence-electron chi connectivity index (χ1n) is 4.73.